The molecule has 6 nitrogen and oxygen atoms in total. The summed E-state index contributed by atoms with van der Waals surface area (Å²) in [5, 5.41) is 0. The number of benzene rings is 3. The summed E-state index contributed by atoms with van der Waals surface area (Å²) in [5.74, 6) is 0.788. The van der Waals surface area contributed by atoms with Crippen molar-refractivity contribution in [3.63, 3.8) is 0 Å². The Morgan fingerprint density at radius 1 is 0.829 bits per heavy atom. The van der Waals surface area contributed by atoms with Gasteiger partial charge in [-0.05, 0) is 66.1 Å². The molecule has 3 aromatic rings. The molecule has 0 heterocycles. The Hall–Kier alpha value is -4.32. The summed E-state index contributed by atoms with van der Waals surface area (Å²) in [6.45, 7) is 2.77. The van der Waals surface area contributed by atoms with E-state index in [9.17, 15) is 9.59 Å². The van der Waals surface area contributed by atoms with Crippen LogP contribution >= 0.6 is 0 Å². The lowest BCUT2D eigenvalue weighted by molar-refractivity contribution is -0.133. The van der Waals surface area contributed by atoms with Crippen LogP contribution in [-0.2, 0) is 20.9 Å². The van der Waals surface area contributed by atoms with Gasteiger partial charge in [0, 0.05) is 5.56 Å². The van der Waals surface area contributed by atoms with Gasteiger partial charge in [-0.3, -0.25) is 4.79 Å². The number of allylic oxidation sites excluding steroid dienone is 1. The molecule has 0 N–H and O–H groups in total. The normalized spacial score (nSPS) is 11.2. The average Bonchev–Trinajstić information content (AvgIpc) is 2.90. The minimum atomic E-state index is -0.500. The van der Waals surface area contributed by atoms with Crippen molar-refractivity contribution in [3.05, 3.63) is 107 Å². The Morgan fingerprint density at radius 3 is 2.14 bits per heavy atom. The van der Waals surface area contributed by atoms with Gasteiger partial charge in [-0.15, -0.1) is 0 Å². The highest BCUT2D eigenvalue weighted by Gasteiger charge is 2.17. The van der Waals surface area contributed by atoms with Gasteiger partial charge in [0.05, 0.1) is 27.1 Å². The first-order chi connectivity index (χ1) is 17.0. The molecule has 6 heteroatoms. The van der Waals surface area contributed by atoms with Crippen LogP contribution in [0.5, 0.6) is 11.5 Å². The number of carbonyl (C=O) groups is 2. The third kappa shape index (κ3) is 7.08. The molecule has 35 heavy (non-hydrogen) atoms. The molecule has 0 radical (unpaired) electrons. The van der Waals surface area contributed by atoms with Crippen molar-refractivity contribution in [1.29, 1.82) is 0 Å². The predicted molar refractivity (Wildman–Crippen MR) is 135 cm³/mol. The summed E-state index contributed by atoms with van der Waals surface area (Å²) >= 11 is 0. The van der Waals surface area contributed by atoms with E-state index in [1.54, 1.807) is 36.4 Å². The Kier molecular flexibility index (Phi) is 9.25. The number of ketones is 1. The van der Waals surface area contributed by atoms with Crippen molar-refractivity contribution in [2.75, 3.05) is 20.8 Å². The minimum Gasteiger partial charge on any atom is -0.503 e. The minimum absolute atomic E-state index is 0.108. The molecule has 0 saturated heterocycles. The molecule has 0 spiro atoms. The molecule has 0 aliphatic heterocycles. The molecule has 0 bridgehead atoms. The molecule has 0 aliphatic carbocycles. The largest absolute Gasteiger partial charge is 0.503 e. The molecule has 0 amide bonds. The number of methoxy groups -OCH3 is 2. The molecule has 0 atom stereocenters. The highest BCUT2D eigenvalue weighted by atomic mass is 16.5. The molecule has 0 aromatic heterocycles. The molecule has 0 aliphatic rings. The molecular formula is C29H28O6. The van der Waals surface area contributed by atoms with Gasteiger partial charge in [-0.1, -0.05) is 42.5 Å². The van der Waals surface area contributed by atoms with Gasteiger partial charge in [0.15, 0.2) is 5.78 Å². The van der Waals surface area contributed by atoms with Crippen LogP contribution in [0.2, 0.25) is 0 Å². The van der Waals surface area contributed by atoms with E-state index in [0.29, 0.717) is 29.1 Å². The topological polar surface area (TPSA) is 71.1 Å². The second-order valence-electron chi connectivity index (χ2n) is 7.43. The van der Waals surface area contributed by atoms with Crippen molar-refractivity contribution in [2.24, 2.45) is 0 Å². The highest BCUT2D eigenvalue weighted by Crippen LogP contribution is 2.23. The van der Waals surface area contributed by atoms with Crippen molar-refractivity contribution >= 4 is 23.4 Å². The number of hydrogen-bond donors (Lipinski definition) is 0. The van der Waals surface area contributed by atoms with Crippen LogP contribution in [0.4, 0.5) is 0 Å². The van der Waals surface area contributed by atoms with Crippen LogP contribution in [0.25, 0.3) is 11.6 Å². The zero-order valence-corrected chi connectivity index (χ0v) is 20.0. The fraction of sp³-hybridized carbons (Fsp3) is 0.172. The Labute approximate surface area is 205 Å². The summed E-state index contributed by atoms with van der Waals surface area (Å²) in [5.41, 5.74) is 3.21. The van der Waals surface area contributed by atoms with Crippen molar-refractivity contribution < 1.29 is 28.5 Å². The maximum Gasteiger partial charge on any atom is 0.341 e. The fourth-order valence-corrected chi connectivity index (χ4v) is 3.34. The third-order valence-corrected chi connectivity index (χ3v) is 5.10. The first kappa shape index (κ1) is 25.3. The van der Waals surface area contributed by atoms with Crippen LogP contribution < -0.4 is 9.47 Å². The second kappa shape index (κ2) is 12.8. The molecule has 0 saturated carbocycles. The standard InChI is InChI=1S/C29H28O6/c1-4-34-24-14-9-21(10-15-24)11-18-28(30)22-12-16-25(17-13-22)35-19-23-7-5-6-8-26(23)27(20-32-2)29(31)33-3/h5-18,20H,4,19H2,1-3H3/b18-11+,27-20+. The Morgan fingerprint density at radius 2 is 1.49 bits per heavy atom. The molecule has 0 unspecified atom stereocenters. The lowest BCUT2D eigenvalue weighted by Crippen LogP contribution is -2.08. The summed E-state index contributed by atoms with van der Waals surface area (Å²) in [6, 6.07) is 21.8. The summed E-state index contributed by atoms with van der Waals surface area (Å²) in [6.07, 6.45) is 4.66. The van der Waals surface area contributed by atoms with Gasteiger partial charge < -0.3 is 18.9 Å². The molecular weight excluding hydrogens is 444 g/mol. The highest BCUT2D eigenvalue weighted by molar-refractivity contribution is 6.16. The SMILES string of the molecule is CCOc1ccc(/C=C/C(=O)c2ccc(OCc3ccccc3/C(=C\OC)C(=O)OC)cc2)cc1. The number of carbonyl (C=O) groups excluding carboxylic acids is 2. The van der Waals surface area contributed by atoms with E-state index >= 15 is 0 Å². The Balaban J connectivity index is 1.65. The van der Waals surface area contributed by atoms with E-state index in [0.717, 1.165) is 16.9 Å². The lowest BCUT2D eigenvalue weighted by Gasteiger charge is -2.13. The zero-order chi connectivity index (χ0) is 25.0. The van der Waals surface area contributed by atoms with Crippen LogP contribution in [0.15, 0.2) is 85.1 Å². The van der Waals surface area contributed by atoms with Gasteiger partial charge >= 0.3 is 5.97 Å². The van der Waals surface area contributed by atoms with E-state index in [1.165, 1.54) is 26.6 Å². The first-order valence-corrected chi connectivity index (χ1v) is 11.1. The molecule has 3 rings (SSSR count). The van der Waals surface area contributed by atoms with Crippen LogP contribution in [-0.4, -0.2) is 32.6 Å². The molecule has 3 aromatic carbocycles. The van der Waals surface area contributed by atoms with Crippen molar-refractivity contribution in [3.8, 4) is 11.5 Å². The van der Waals surface area contributed by atoms with Gasteiger partial charge in [0.2, 0.25) is 0 Å². The first-order valence-electron chi connectivity index (χ1n) is 11.1. The van der Waals surface area contributed by atoms with E-state index in [2.05, 4.69) is 0 Å². The second-order valence-corrected chi connectivity index (χ2v) is 7.43. The van der Waals surface area contributed by atoms with Gasteiger partial charge in [0.1, 0.15) is 23.7 Å². The predicted octanol–water partition coefficient (Wildman–Crippen LogP) is 5.72. The number of hydrogen-bond acceptors (Lipinski definition) is 6. The maximum absolute atomic E-state index is 12.5. The molecule has 0 fully saturated rings. The van der Waals surface area contributed by atoms with E-state index in [1.807, 2.05) is 49.4 Å². The number of ether oxygens (including phenoxy) is 4. The number of rotatable bonds is 11. The smallest absolute Gasteiger partial charge is 0.341 e. The zero-order valence-electron chi connectivity index (χ0n) is 20.0. The van der Waals surface area contributed by atoms with Gasteiger partial charge in [-0.25, -0.2) is 4.79 Å². The van der Waals surface area contributed by atoms with Crippen LogP contribution in [0.3, 0.4) is 0 Å². The van der Waals surface area contributed by atoms with Crippen LogP contribution in [0, 0.1) is 0 Å². The average molecular weight is 473 g/mol. The summed E-state index contributed by atoms with van der Waals surface area (Å²) < 4.78 is 21.3. The monoisotopic (exact) mass is 472 g/mol. The lowest BCUT2D eigenvalue weighted by atomic mass is 10.0. The van der Waals surface area contributed by atoms with Crippen molar-refractivity contribution in [2.45, 2.75) is 13.5 Å². The van der Waals surface area contributed by atoms with E-state index in [-0.39, 0.29) is 12.4 Å². The number of esters is 1. The van der Waals surface area contributed by atoms with Gasteiger partial charge in [0.25, 0.3) is 0 Å². The molecule has 180 valence electrons. The quantitative estimate of drug-likeness (QED) is 0.154. The fourth-order valence-electron chi connectivity index (χ4n) is 3.34. The Bertz CT molecular complexity index is 1190. The third-order valence-electron chi connectivity index (χ3n) is 5.10. The van der Waals surface area contributed by atoms with Gasteiger partial charge in [-0.2, -0.15) is 0 Å². The van der Waals surface area contributed by atoms with Crippen LogP contribution in [0.1, 0.15) is 34.0 Å². The maximum atomic E-state index is 12.5. The van der Waals surface area contributed by atoms with E-state index in [4.69, 9.17) is 18.9 Å². The summed E-state index contributed by atoms with van der Waals surface area (Å²) in [4.78, 5) is 24.7. The summed E-state index contributed by atoms with van der Waals surface area (Å²) in [7, 11) is 2.79. The van der Waals surface area contributed by atoms with E-state index < -0.39 is 5.97 Å². The van der Waals surface area contributed by atoms with Crippen molar-refractivity contribution in [1.82, 2.24) is 0 Å².